The molecule has 0 saturated carbocycles. The molecule has 0 fully saturated rings. The van der Waals surface area contributed by atoms with Crippen molar-refractivity contribution in [2.75, 3.05) is 12.3 Å². The molecule has 0 saturated heterocycles. The number of aromatic nitrogens is 1. The van der Waals surface area contributed by atoms with Gasteiger partial charge in [0.05, 0.1) is 10.2 Å². The highest BCUT2D eigenvalue weighted by Crippen LogP contribution is 2.20. The van der Waals surface area contributed by atoms with E-state index in [1.807, 2.05) is 18.2 Å². The van der Waals surface area contributed by atoms with E-state index in [0.717, 1.165) is 29.4 Å². The van der Waals surface area contributed by atoms with Crippen molar-refractivity contribution in [3.05, 3.63) is 29.3 Å². The van der Waals surface area contributed by atoms with E-state index < -0.39 is 0 Å². The van der Waals surface area contributed by atoms with Crippen LogP contribution in [0.3, 0.4) is 0 Å². The van der Waals surface area contributed by atoms with Crippen LogP contribution in [0, 0.1) is 0 Å². The molecule has 2 aromatic rings. The molecule has 0 atom stereocenters. The second-order valence-corrected chi connectivity index (χ2v) is 4.54. The number of para-hydroxylation sites is 1. The Morgan fingerprint density at radius 2 is 2.21 bits per heavy atom. The fourth-order valence-corrected chi connectivity index (χ4v) is 2.36. The summed E-state index contributed by atoms with van der Waals surface area (Å²) in [7, 11) is 0. The maximum Gasteiger partial charge on any atom is 0.108 e. The van der Waals surface area contributed by atoms with Crippen LogP contribution in [0.15, 0.2) is 24.3 Å². The largest absolute Gasteiger partial charge is 0.310 e. The second kappa shape index (κ2) is 4.77. The summed E-state index contributed by atoms with van der Waals surface area (Å²) in [4.78, 5) is 4.52. The lowest BCUT2D eigenvalue weighted by Gasteiger charge is -1.96. The molecule has 74 valence electrons. The zero-order valence-corrected chi connectivity index (χ0v) is 9.44. The number of thiol groups is 1. The second-order valence-electron chi connectivity index (χ2n) is 2.98. The molecule has 1 aromatic carbocycles. The number of hydrogen-bond acceptors (Lipinski definition) is 4. The van der Waals surface area contributed by atoms with Gasteiger partial charge in [-0.1, -0.05) is 12.1 Å². The lowest BCUT2D eigenvalue weighted by Crippen LogP contribution is -2.15. The number of nitrogens with one attached hydrogen (secondary N) is 1. The summed E-state index contributed by atoms with van der Waals surface area (Å²) in [6.07, 6.45) is 0. The van der Waals surface area contributed by atoms with Crippen molar-refractivity contribution in [2.45, 2.75) is 6.54 Å². The highest BCUT2D eigenvalue weighted by atomic mass is 32.1. The molecule has 0 amide bonds. The molecule has 0 radical (unpaired) electrons. The third-order valence-electron chi connectivity index (χ3n) is 1.90. The van der Waals surface area contributed by atoms with Gasteiger partial charge in [-0.05, 0) is 12.1 Å². The first-order chi connectivity index (χ1) is 6.90. The molecule has 1 heterocycles. The number of fused-ring (bicyclic) bond motifs is 1. The summed E-state index contributed by atoms with van der Waals surface area (Å²) in [5.41, 5.74) is 1.10. The summed E-state index contributed by atoms with van der Waals surface area (Å²) >= 11 is 5.89. The third kappa shape index (κ3) is 2.26. The van der Waals surface area contributed by atoms with Gasteiger partial charge in [0.1, 0.15) is 5.01 Å². The summed E-state index contributed by atoms with van der Waals surface area (Å²) < 4.78 is 1.26. The van der Waals surface area contributed by atoms with Gasteiger partial charge in [-0.15, -0.1) is 11.3 Å². The van der Waals surface area contributed by atoms with Gasteiger partial charge < -0.3 is 5.32 Å². The van der Waals surface area contributed by atoms with Gasteiger partial charge in [0.2, 0.25) is 0 Å². The molecule has 0 aliphatic heterocycles. The van der Waals surface area contributed by atoms with Crippen molar-refractivity contribution in [2.24, 2.45) is 0 Å². The normalized spacial score (nSPS) is 10.9. The topological polar surface area (TPSA) is 24.9 Å². The Balaban J connectivity index is 2.11. The Bertz CT molecular complexity index is 378. The maximum absolute atomic E-state index is 4.52. The van der Waals surface area contributed by atoms with Crippen molar-refractivity contribution in [1.29, 1.82) is 0 Å². The van der Waals surface area contributed by atoms with Crippen molar-refractivity contribution < 1.29 is 0 Å². The van der Waals surface area contributed by atoms with Crippen LogP contribution < -0.4 is 5.32 Å². The maximum atomic E-state index is 4.52. The molecule has 1 aromatic heterocycles. The molecule has 1 N–H and O–H groups in total. The van der Waals surface area contributed by atoms with Crippen LogP contribution in [0.2, 0.25) is 0 Å². The molecule has 14 heavy (non-hydrogen) atoms. The van der Waals surface area contributed by atoms with Gasteiger partial charge in [-0.3, -0.25) is 0 Å². The SMILES string of the molecule is SCCNCc1nc2ccccc2s1. The smallest absolute Gasteiger partial charge is 0.108 e. The highest BCUT2D eigenvalue weighted by molar-refractivity contribution is 7.80. The van der Waals surface area contributed by atoms with E-state index in [2.05, 4.69) is 29.0 Å². The number of nitrogens with zero attached hydrogens (tertiary/aromatic N) is 1. The van der Waals surface area contributed by atoms with Gasteiger partial charge in [0, 0.05) is 18.8 Å². The van der Waals surface area contributed by atoms with Crippen LogP contribution in [0.5, 0.6) is 0 Å². The Morgan fingerprint density at radius 1 is 1.36 bits per heavy atom. The van der Waals surface area contributed by atoms with Crippen molar-refractivity contribution in [3.63, 3.8) is 0 Å². The van der Waals surface area contributed by atoms with Gasteiger partial charge >= 0.3 is 0 Å². The third-order valence-corrected chi connectivity index (χ3v) is 3.16. The quantitative estimate of drug-likeness (QED) is 0.615. The molecule has 0 aliphatic carbocycles. The van der Waals surface area contributed by atoms with E-state index in [1.54, 1.807) is 11.3 Å². The Hall–Kier alpha value is -0.580. The monoisotopic (exact) mass is 224 g/mol. The molecule has 0 unspecified atom stereocenters. The first kappa shape index (κ1) is 9.96. The molecule has 0 aliphatic rings. The highest BCUT2D eigenvalue weighted by Gasteiger charge is 2.01. The zero-order valence-electron chi connectivity index (χ0n) is 7.73. The van der Waals surface area contributed by atoms with Crippen molar-refractivity contribution >= 4 is 34.2 Å². The number of benzene rings is 1. The van der Waals surface area contributed by atoms with Crippen LogP contribution in [-0.4, -0.2) is 17.3 Å². The average molecular weight is 224 g/mol. The lowest BCUT2D eigenvalue weighted by molar-refractivity contribution is 0.730. The molecule has 2 rings (SSSR count). The molecule has 0 spiro atoms. The van der Waals surface area contributed by atoms with Crippen LogP contribution >= 0.6 is 24.0 Å². The van der Waals surface area contributed by atoms with E-state index >= 15 is 0 Å². The molecule has 0 bridgehead atoms. The minimum atomic E-state index is 0.847. The zero-order chi connectivity index (χ0) is 9.80. The predicted octanol–water partition coefficient (Wildman–Crippen LogP) is 2.32. The van der Waals surface area contributed by atoms with Gasteiger partial charge in [-0.25, -0.2) is 4.98 Å². The van der Waals surface area contributed by atoms with E-state index in [1.165, 1.54) is 4.70 Å². The van der Waals surface area contributed by atoms with Crippen LogP contribution in [0.25, 0.3) is 10.2 Å². The summed E-state index contributed by atoms with van der Waals surface area (Å²) in [6.45, 7) is 1.78. The first-order valence-corrected chi connectivity index (χ1v) is 6.01. The number of thiazole rings is 1. The summed E-state index contributed by atoms with van der Waals surface area (Å²) in [5, 5.41) is 4.43. The van der Waals surface area contributed by atoms with E-state index in [9.17, 15) is 0 Å². The molecular formula is C10H12N2S2. The van der Waals surface area contributed by atoms with Gasteiger partial charge in [0.25, 0.3) is 0 Å². The summed E-state index contributed by atoms with van der Waals surface area (Å²) in [5.74, 6) is 0.866. The van der Waals surface area contributed by atoms with E-state index in [0.29, 0.717) is 0 Å². The van der Waals surface area contributed by atoms with Crippen LogP contribution in [-0.2, 0) is 6.54 Å². The Labute approximate surface area is 92.8 Å². The molecule has 4 heteroatoms. The minimum Gasteiger partial charge on any atom is -0.310 e. The fourth-order valence-electron chi connectivity index (χ4n) is 1.27. The molecular weight excluding hydrogens is 212 g/mol. The van der Waals surface area contributed by atoms with E-state index in [-0.39, 0.29) is 0 Å². The minimum absolute atomic E-state index is 0.847. The Kier molecular flexibility index (Phi) is 3.39. The van der Waals surface area contributed by atoms with Gasteiger partial charge in [0.15, 0.2) is 0 Å². The van der Waals surface area contributed by atoms with Crippen LogP contribution in [0.1, 0.15) is 5.01 Å². The predicted molar refractivity (Wildman–Crippen MR) is 65.2 cm³/mol. The number of rotatable bonds is 4. The Morgan fingerprint density at radius 3 is 3.00 bits per heavy atom. The fraction of sp³-hybridized carbons (Fsp3) is 0.300. The van der Waals surface area contributed by atoms with E-state index in [4.69, 9.17) is 0 Å². The summed E-state index contributed by atoms with van der Waals surface area (Å²) in [6, 6.07) is 8.22. The standard InChI is InChI=1S/C10H12N2S2/c13-6-5-11-7-10-12-8-3-1-2-4-9(8)14-10/h1-4,11,13H,5-7H2. The first-order valence-electron chi connectivity index (χ1n) is 4.56. The lowest BCUT2D eigenvalue weighted by atomic mass is 10.3. The van der Waals surface area contributed by atoms with Crippen LogP contribution in [0.4, 0.5) is 0 Å². The molecule has 2 nitrogen and oxygen atoms in total. The average Bonchev–Trinajstić information content (AvgIpc) is 2.60. The number of hydrogen-bond donors (Lipinski definition) is 2. The van der Waals surface area contributed by atoms with Gasteiger partial charge in [-0.2, -0.15) is 12.6 Å². The van der Waals surface area contributed by atoms with Crippen molar-refractivity contribution in [1.82, 2.24) is 10.3 Å². The van der Waals surface area contributed by atoms with Crippen molar-refractivity contribution in [3.8, 4) is 0 Å².